The van der Waals surface area contributed by atoms with E-state index in [1.165, 1.54) is 5.56 Å². The van der Waals surface area contributed by atoms with Gasteiger partial charge in [-0.2, -0.15) is 0 Å². The third-order valence-electron chi connectivity index (χ3n) is 5.76. The minimum Gasteiger partial charge on any atom is -0.441 e. The predicted octanol–water partition coefficient (Wildman–Crippen LogP) is 4.47. The molecule has 32 heavy (non-hydrogen) atoms. The van der Waals surface area contributed by atoms with Crippen molar-refractivity contribution >= 4 is 23.4 Å². The lowest BCUT2D eigenvalue weighted by atomic mass is 10.1. The third kappa shape index (κ3) is 5.19. The van der Waals surface area contributed by atoms with Crippen LogP contribution in [-0.2, 0) is 17.6 Å². The third-order valence-corrected chi connectivity index (χ3v) is 6.02. The molecule has 0 spiro atoms. The first-order valence-electron chi connectivity index (χ1n) is 10.9. The first-order valence-corrected chi connectivity index (χ1v) is 11.3. The molecule has 7 heteroatoms. The molecular weight excluding hydrogens is 426 g/mol. The van der Waals surface area contributed by atoms with E-state index < -0.39 is 0 Å². The average Bonchev–Trinajstić information content (AvgIpc) is 3.32. The molecule has 0 radical (unpaired) electrons. The number of nitrogens with zero attached hydrogens (tertiary/aromatic N) is 3. The summed E-state index contributed by atoms with van der Waals surface area (Å²) in [5, 5.41) is 0.662. The fraction of sp³-hybridized carbons (Fsp3) is 0.320. The van der Waals surface area contributed by atoms with E-state index in [1.807, 2.05) is 46.2 Å². The van der Waals surface area contributed by atoms with Crippen molar-refractivity contribution in [1.29, 1.82) is 0 Å². The quantitative estimate of drug-likeness (QED) is 0.554. The maximum Gasteiger partial charge on any atom is 0.253 e. The number of rotatable bonds is 6. The van der Waals surface area contributed by atoms with Crippen LogP contribution in [0.2, 0.25) is 5.02 Å². The topological polar surface area (TPSA) is 66.7 Å². The van der Waals surface area contributed by atoms with E-state index in [1.54, 1.807) is 18.3 Å². The molecule has 1 aromatic heterocycles. The molecule has 0 unspecified atom stereocenters. The van der Waals surface area contributed by atoms with Gasteiger partial charge in [-0.3, -0.25) is 9.59 Å². The van der Waals surface area contributed by atoms with E-state index in [2.05, 4.69) is 11.9 Å². The molecule has 1 aliphatic rings. The molecule has 1 fully saturated rings. The van der Waals surface area contributed by atoms with Crippen LogP contribution >= 0.6 is 11.6 Å². The summed E-state index contributed by atoms with van der Waals surface area (Å²) in [6.07, 6.45) is 3.38. The highest BCUT2D eigenvalue weighted by atomic mass is 35.5. The van der Waals surface area contributed by atoms with Crippen LogP contribution in [0, 0.1) is 0 Å². The molecular formula is C25H26ClN3O3. The van der Waals surface area contributed by atoms with Gasteiger partial charge in [0.1, 0.15) is 0 Å². The summed E-state index contributed by atoms with van der Waals surface area (Å²) in [7, 11) is 0. The first-order chi connectivity index (χ1) is 15.5. The second-order valence-corrected chi connectivity index (χ2v) is 8.29. The van der Waals surface area contributed by atoms with Crippen molar-refractivity contribution in [2.45, 2.75) is 26.2 Å². The summed E-state index contributed by atoms with van der Waals surface area (Å²) in [5.41, 5.74) is 2.80. The van der Waals surface area contributed by atoms with Gasteiger partial charge in [-0.05, 0) is 48.4 Å². The molecule has 4 rings (SSSR count). The van der Waals surface area contributed by atoms with Crippen LogP contribution in [-0.4, -0.2) is 52.8 Å². The molecule has 1 saturated heterocycles. The van der Waals surface area contributed by atoms with Crippen molar-refractivity contribution in [2.24, 2.45) is 0 Å². The van der Waals surface area contributed by atoms with Crippen LogP contribution in [0.1, 0.15) is 35.2 Å². The number of aromatic nitrogens is 1. The minimum absolute atomic E-state index is 0.0225. The smallest absolute Gasteiger partial charge is 0.253 e. The number of benzene rings is 2. The summed E-state index contributed by atoms with van der Waals surface area (Å²) in [5.74, 6) is 1.26. The SMILES string of the molecule is CCc1ccc(C(=O)N2CCN(C(=O)CCc3ncc(-c4ccc(Cl)cc4)o3)CC2)cc1. The van der Waals surface area contributed by atoms with Gasteiger partial charge in [-0.15, -0.1) is 0 Å². The number of aryl methyl sites for hydroxylation is 2. The fourth-order valence-electron chi connectivity index (χ4n) is 3.77. The van der Waals surface area contributed by atoms with Gasteiger partial charge >= 0.3 is 0 Å². The zero-order valence-electron chi connectivity index (χ0n) is 18.1. The van der Waals surface area contributed by atoms with E-state index in [9.17, 15) is 9.59 Å². The molecule has 166 valence electrons. The summed E-state index contributed by atoms with van der Waals surface area (Å²) in [6, 6.07) is 15.1. The van der Waals surface area contributed by atoms with Gasteiger partial charge in [-0.25, -0.2) is 4.98 Å². The molecule has 2 amide bonds. The Labute approximate surface area is 192 Å². The molecule has 1 aliphatic heterocycles. The number of amides is 2. The lowest BCUT2D eigenvalue weighted by molar-refractivity contribution is -0.132. The Hall–Kier alpha value is -3.12. The van der Waals surface area contributed by atoms with E-state index in [4.69, 9.17) is 16.0 Å². The Bertz CT molecular complexity index is 1070. The Kier molecular flexibility index (Phi) is 6.90. The molecule has 0 saturated carbocycles. The summed E-state index contributed by atoms with van der Waals surface area (Å²) in [6.45, 7) is 4.26. The number of carbonyl (C=O) groups is 2. The second-order valence-electron chi connectivity index (χ2n) is 7.85. The van der Waals surface area contributed by atoms with Gasteiger partial charge in [0.2, 0.25) is 5.91 Å². The van der Waals surface area contributed by atoms with Crippen molar-refractivity contribution in [3.8, 4) is 11.3 Å². The highest BCUT2D eigenvalue weighted by molar-refractivity contribution is 6.30. The van der Waals surface area contributed by atoms with Crippen molar-refractivity contribution in [3.63, 3.8) is 0 Å². The number of carbonyl (C=O) groups excluding carboxylic acids is 2. The van der Waals surface area contributed by atoms with Crippen LogP contribution in [0.25, 0.3) is 11.3 Å². The fourth-order valence-corrected chi connectivity index (χ4v) is 3.90. The van der Waals surface area contributed by atoms with Gasteiger partial charge in [0.25, 0.3) is 5.91 Å². The predicted molar refractivity (Wildman–Crippen MR) is 124 cm³/mol. The summed E-state index contributed by atoms with van der Waals surface area (Å²) in [4.78, 5) is 33.3. The molecule has 2 heterocycles. The molecule has 0 bridgehead atoms. The maximum absolute atomic E-state index is 12.7. The number of piperazine rings is 1. The normalized spacial score (nSPS) is 13.9. The average molecular weight is 452 g/mol. The number of oxazole rings is 1. The van der Waals surface area contributed by atoms with Crippen molar-refractivity contribution in [2.75, 3.05) is 26.2 Å². The standard InChI is InChI=1S/C25H26ClN3O3/c1-2-18-3-5-20(6-4-18)25(31)29-15-13-28(14-16-29)24(30)12-11-23-27-17-22(32-23)19-7-9-21(26)10-8-19/h3-10,17H,2,11-16H2,1H3. The lowest BCUT2D eigenvalue weighted by Crippen LogP contribution is -2.50. The van der Waals surface area contributed by atoms with Crippen LogP contribution < -0.4 is 0 Å². The van der Waals surface area contributed by atoms with Crippen molar-refractivity contribution in [3.05, 3.63) is 76.8 Å². The van der Waals surface area contributed by atoms with Gasteiger partial charge in [-0.1, -0.05) is 30.7 Å². The van der Waals surface area contributed by atoms with Crippen LogP contribution in [0.3, 0.4) is 0 Å². The highest BCUT2D eigenvalue weighted by Crippen LogP contribution is 2.23. The van der Waals surface area contributed by atoms with Gasteiger partial charge < -0.3 is 14.2 Å². The second kappa shape index (κ2) is 10.0. The van der Waals surface area contributed by atoms with E-state index in [0.29, 0.717) is 61.3 Å². The van der Waals surface area contributed by atoms with Crippen LogP contribution in [0.15, 0.2) is 59.1 Å². The molecule has 0 N–H and O–H groups in total. The molecule has 2 aromatic carbocycles. The number of halogens is 1. The zero-order chi connectivity index (χ0) is 22.5. The van der Waals surface area contributed by atoms with Gasteiger partial charge in [0, 0.05) is 55.2 Å². The molecule has 3 aromatic rings. The van der Waals surface area contributed by atoms with Crippen molar-refractivity contribution < 1.29 is 14.0 Å². The van der Waals surface area contributed by atoms with Gasteiger partial charge in [0.15, 0.2) is 11.7 Å². The minimum atomic E-state index is 0.0225. The number of hydrogen-bond donors (Lipinski definition) is 0. The monoisotopic (exact) mass is 451 g/mol. The largest absolute Gasteiger partial charge is 0.441 e. The maximum atomic E-state index is 12.7. The Morgan fingerprint density at radius 2 is 1.62 bits per heavy atom. The van der Waals surface area contributed by atoms with E-state index in [-0.39, 0.29) is 11.8 Å². The number of hydrogen-bond acceptors (Lipinski definition) is 4. The summed E-state index contributed by atoms with van der Waals surface area (Å²) < 4.78 is 5.78. The van der Waals surface area contributed by atoms with E-state index in [0.717, 1.165) is 12.0 Å². The summed E-state index contributed by atoms with van der Waals surface area (Å²) >= 11 is 5.92. The van der Waals surface area contributed by atoms with Crippen molar-refractivity contribution in [1.82, 2.24) is 14.8 Å². The lowest BCUT2D eigenvalue weighted by Gasteiger charge is -2.34. The van der Waals surface area contributed by atoms with Gasteiger partial charge in [0.05, 0.1) is 6.20 Å². The Morgan fingerprint density at radius 3 is 2.28 bits per heavy atom. The Morgan fingerprint density at radius 1 is 0.969 bits per heavy atom. The van der Waals surface area contributed by atoms with Crippen LogP contribution in [0.4, 0.5) is 0 Å². The zero-order valence-corrected chi connectivity index (χ0v) is 18.8. The van der Waals surface area contributed by atoms with E-state index >= 15 is 0 Å². The van der Waals surface area contributed by atoms with Crippen LogP contribution in [0.5, 0.6) is 0 Å². The Balaban J connectivity index is 1.26. The highest BCUT2D eigenvalue weighted by Gasteiger charge is 2.25. The molecule has 0 aliphatic carbocycles. The molecule has 6 nitrogen and oxygen atoms in total. The first kappa shape index (κ1) is 22.1. The molecule has 0 atom stereocenters.